The summed E-state index contributed by atoms with van der Waals surface area (Å²) in [5.74, 6) is 2.29. The lowest BCUT2D eigenvalue weighted by atomic mass is 10.2. The van der Waals surface area contributed by atoms with Gasteiger partial charge in [-0.15, -0.1) is 0 Å². The molecule has 0 spiro atoms. The number of nitrogens with zero attached hydrogens (tertiary/aromatic N) is 2. The zero-order chi connectivity index (χ0) is 17.4. The topological polar surface area (TPSA) is 44.8 Å². The van der Waals surface area contributed by atoms with Crippen LogP contribution in [0.25, 0.3) is 0 Å². The molecule has 0 aromatic heterocycles. The van der Waals surface area contributed by atoms with Crippen LogP contribution in [-0.2, 0) is 9.53 Å². The van der Waals surface area contributed by atoms with Crippen molar-refractivity contribution in [3.63, 3.8) is 0 Å². The van der Waals surface area contributed by atoms with Gasteiger partial charge in [-0.1, -0.05) is 0 Å². The number of amides is 1. The number of ether oxygens (including phenoxy) is 1. The van der Waals surface area contributed by atoms with Gasteiger partial charge in [0.15, 0.2) is 0 Å². The van der Waals surface area contributed by atoms with Crippen molar-refractivity contribution in [3.05, 3.63) is 0 Å². The van der Waals surface area contributed by atoms with E-state index in [4.69, 9.17) is 0 Å². The average Bonchev–Trinajstić information content (AvgIpc) is 2.55. The Morgan fingerprint density at radius 1 is 1.25 bits per heavy atom. The molecule has 1 amide bonds. The van der Waals surface area contributed by atoms with Gasteiger partial charge in [0.1, 0.15) is 6.61 Å². The molecule has 1 unspecified atom stereocenters. The van der Waals surface area contributed by atoms with Crippen LogP contribution in [0.2, 0.25) is 0 Å². The van der Waals surface area contributed by atoms with Gasteiger partial charge in [0.2, 0.25) is 5.91 Å². The Labute approximate surface area is 145 Å². The van der Waals surface area contributed by atoms with Crippen molar-refractivity contribution in [1.82, 2.24) is 15.1 Å². The highest BCUT2D eigenvalue weighted by molar-refractivity contribution is 7.99. The van der Waals surface area contributed by atoms with Crippen molar-refractivity contribution in [1.29, 1.82) is 0 Å². The van der Waals surface area contributed by atoms with Crippen molar-refractivity contribution >= 4 is 17.7 Å². The summed E-state index contributed by atoms with van der Waals surface area (Å²) in [4.78, 5) is 16.4. The van der Waals surface area contributed by atoms with Gasteiger partial charge >= 0.3 is 6.18 Å². The Balaban J connectivity index is 1.55. The smallest absolute Gasteiger partial charge is 0.372 e. The van der Waals surface area contributed by atoms with Gasteiger partial charge in [0.05, 0.1) is 0 Å². The van der Waals surface area contributed by atoms with E-state index in [2.05, 4.69) is 15.0 Å². The largest absolute Gasteiger partial charge is 0.411 e. The quantitative estimate of drug-likeness (QED) is 0.683. The molecule has 2 fully saturated rings. The van der Waals surface area contributed by atoms with E-state index in [0.717, 1.165) is 31.1 Å². The summed E-state index contributed by atoms with van der Waals surface area (Å²) in [7, 11) is 0. The monoisotopic (exact) mass is 369 g/mol. The molecular weight excluding hydrogens is 343 g/mol. The van der Waals surface area contributed by atoms with E-state index in [0.29, 0.717) is 32.5 Å². The Bertz CT molecular complexity index is 385. The summed E-state index contributed by atoms with van der Waals surface area (Å²) in [6.45, 7) is 3.56. The lowest BCUT2D eigenvalue weighted by Gasteiger charge is -2.35. The van der Waals surface area contributed by atoms with Gasteiger partial charge in [0.25, 0.3) is 0 Å². The molecule has 2 aliphatic heterocycles. The molecule has 0 aliphatic carbocycles. The third kappa shape index (κ3) is 7.58. The normalized spacial score (nSPS) is 23.5. The van der Waals surface area contributed by atoms with Crippen molar-refractivity contribution in [2.24, 2.45) is 0 Å². The first-order valence-electron chi connectivity index (χ1n) is 8.40. The molecule has 2 rings (SSSR count). The van der Waals surface area contributed by atoms with Crippen LogP contribution < -0.4 is 5.32 Å². The SMILES string of the molecule is O=C(CC1CSCCN1)N1CCN(CCCOCC(F)(F)F)CC1. The van der Waals surface area contributed by atoms with Crippen molar-refractivity contribution in [2.75, 3.05) is 64.0 Å². The highest BCUT2D eigenvalue weighted by atomic mass is 32.2. The van der Waals surface area contributed by atoms with E-state index in [1.807, 2.05) is 16.7 Å². The van der Waals surface area contributed by atoms with Gasteiger partial charge in [0, 0.05) is 69.8 Å². The Hall–Kier alpha value is -0.510. The van der Waals surface area contributed by atoms with Crippen LogP contribution in [0.15, 0.2) is 0 Å². The standard InChI is InChI=1S/C15H26F3N3O2S/c16-15(17,18)12-23-8-1-3-20-4-6-21(7-5-20)14(22)10-13-11-24-9-2-19-13/h13,19H,1-12H2. The van der Waals surface area contributed by atoms with Crippen LogP contribution in [0.4, 0.5) is 13.2 Å². The highest BCUT2D eigenvalue weighted by Gasteiger charge is 2.27. The molecule has 1 N–H and O–H groups in total. The summed E-state index contributed by atoms with van der Waals surface area (Å²) in [5.41, 5.74) is 0. The summed E-state index contributed by atoms with van der Waals surface area (Å²) in [6, 6.07) is 0.278. The first kappa shape index (κ1) is 19.8. The van der Waals surface area contributed by atoms with Crippen molar-refractivity contribution in [3.8, 4) is 0 Å². The summed E-state index contributed by atoms with van der Waals surface area (Å²) >= 11 is 1.88. The first-order chi connectivity index (χ1) is 11.4. The minimum absolute atomic E-state index is 0.115. The molecule has 9 heteroatoms. The Kier molecular flexibility index (Phi) is 8.12. The number of rotatable bonds is 7. The Morgan fingerprint density at radius 3 is 2.62 bits per heavy atom. The molecule has 5 nitrogen and oxygen atoms in total. The van der Waals surface area contributed by atoms with Gasteiger partial charge in [-0.2, -0.15) is 24.9 Å². The second kappa shape index (κ2) is 9.84. The molecule has 0 saturated carbocycles. The number of hydrogen-bond donors (Lipinski definition) is 1. The number of carbonyl (C=O) groups excluding carboxylic acids is 1. The van der Waals surface area contributed by atoms with Crippen molar-refractivity contribution in [2.45, 2.75) is 25.1 Å². The fourth-order valence-corrected chi connectivity index (χ4v) is 3.84. The third-order valence-corrected chi connectivity index (χ3v) is 5.30. The van der Waals surface area contributed by atoms with Crippen LogP contribution in [-0.4, -0.2) is 91.9 Å². The second-order valence-electron chi connectivity index (χ2n) is 6.17. The van der Waals surface area contributed by atoms with E-state index < -0.39 is 12.8 Å². The minimum Gasteiger partial charge on any atom is -0.372 e. The van der Waals surface area contributed by atoms with Crippen LogP contribution >= 0.6 is 11.8 Å². The average molecular weight is 369 g/mol. The fraction of sp³-hybridized carbons (Fsp3) is 0.933. The summed E-state index contributed by atoms with van der Waals surface area (Å²) in [6.07, 6.45) is -3.12. The summed E-state index contributed by atoms with van der Waals surface area (Å²) < 4.78 is 40.4. The molecule has 0 aromatic rings. The molecule has 2 heterocycles. The number of carbonyl (C=O) groups is 1. The molecule has 1 atom stereocenters. The molecule has 24 heavy (non-hydrogen) atoms. The third-order valence-electron chi connectivity index (χ3n) is 4.17. The number of thioether (sulfide) groups is 1. The number of halogens is 3. The zero-order valence-electron chi connectivity index (χ0n) is 13.8. The zero-order valence-corrected chi connectivity index (χ0v) is 14.6. The fourth-order valence-electron chi connectivity index (χ4n) is 2.89. The van der Waals surface area contributed by atoms with Gasteiger partial charge in [-0.05, 0) is 6.42 Å². The highest BCUT2D eigenvalue weighted by Crippen LogP contribution is 2.15. The van der Waals surface area contributed by atoms with E-state index in [1.54, 1.807) is 0 Å². The molecule has 140 valence electrons. The molecule has 0 radical (unpaired) electrons. The predicted molar refractivity (Wildman–Crippen MR) is 88.2 cm³/mol. The Morgan fingerprint density at radius 2 is 2.00 bits per heavy atom. The van der Waals surface area contributed by atoms with Gasteiger partial charge in [-0.3, -0.25) is 9.69 Å². The lowest BCUT2D eigenvalue weighted by molar-refractivity contribution is -0.174. The number of alkyl halides is 3. The molecule has 2 saturated heterocycles. The molecular formula is C15H26F3N3O2S. The van der Waals surface area contributed by atoms with Crippen molar-refractivity contribution < 1.29 is 22.7 Å². The maximum atomic E-state index is 12.3. The van der Waals surface area contributed by atoms with E-state index >= 15 is 0 Å². The maximum absolute atomic E-state index is 12.3. The predicted octanol–water partition coefficient (Wildman–Crippen LogP) is 1.19. The van der Waals surface area contributed by atoms with Crippen LogP contribution in [0.3, 0.4) is 0 Å². The van der Waals surface area contributed by atoms with Crippen LogP contribution in [0.1, 0.15) is 12.8 Å². The summed E-state index contributed by atoms with van der Waals surface area (Å²) in [5, 5.41) is 3.38. The van der Waals surface area contributed by atoms with Crippen LogP contribution in [0.5, 0.6) is 0 Å². The van der Waals surface area contributed by atoms with E-state index in [-0.39, 0.29) is 18.6 Å². The van der Waals surface area contributed by atoms with Gasteiger partial charge < -0.3 is 15.0 Å². The van der Waals surface area contributed by atoms with Gasteiger partial charge in [-0.25, -0.2) is 0 Å². The van der Waals surface area contributed by atoms with E-state index in [9.17, 15) is 18.0 Å². The number of hydrogen-bond acceptors (Lipinski definition) is 5. The second-order valence-corrected chi connectivity index (χ2v) is 7.32. The molecule has 0 aromatic carbocycles. The number of piperazine rings is 1. The van der Waals surface area contributed by atoms with E-state index in [1.165, 1.54) is 0 Å². The molecule has 2 aliphatic rings. The van der Waals surface area contributed by atoms with Crippen LogP contribution in [0, 0.1) is 0 Å². The lowest BCUT2D eigenvalue weighted by Crippen LogP contribution is -2.50. The maximum Gasteiger partial charge on any atom is 0.411 e. The number of nitrogens with one attached hydrogen (secondary N) is 1. The minimum atomic E-state index is -4.25. The first-order valence-corrected chi connectivity index (χ1v) is 9.55. The molecule has 0 bridgehead atoms.